The molecule has 0 amide bonds. The van der Waals surface area contributed by atoms with Crippen LogP contribution in [0, 0.1) is 13.8 Å². The first-order chi connectivity index (χ1) is 15.3. The predicted molar refractivity (Wildman–Crippen MR) is 114 cm³/mol. The maximum Gasteiger partial charge on any atom is 0.333 e. The summed E-state index contributed by atoms with van der Waals surface area (Å²) in [6, 6.07) is 1.74. The summed E-state index contributed by atoms with van der Waals surface area (Å²) in [5.41, 5.74) is 3.66. The molecule has 0 radical (unpaired) electrons. The second-order valence-corrected chi connectivity index (χ2v) is 10.2. The minimum atomic E-state index is -3.71. The molecule has 0 unspecified atom stereocenters. The van der Waals surface area contributed by atoms with Gasteiger partial charge in [-0.05, 0) is 32.8 Å². The van der Waals surface area contributed by atoms with Crippen LogP contribution in [-0.4, -0.2) is 37.6 Å². The van der Waals surface area contributed by atoms with Gasteiger partial charge in [0.15, 0.2) is 0 Å². The Morgan fingerprint density at radius 2 is 1.88 bits per heavy atom. The van der Waals surface area contributed by atoms with Gasteiger partial charge in [-0.15, -0.1) is 0 Å². The zero-order valence-electron chi connectivity index (χ0n) is 17.5. The first-order valence-corrected chi connectivity index (χ1v) is 11.8. The molecule has 5 rings (SSSR count). The molecule has 0 atom stereocenters. The average Bonchev–Trinajstić information content (AvgIpc) is 3.54. The van der Waals surface area contributed by atoms with E-state index < -0.39 is 21.8 Å². The quantitative estimate of drug-likeness (QED) is 0.428. The Morgan fingerprint density at radius 1 is 1.12 bits per heavy atom. The van der Waals surface area contributed by atoms with Gasteiger partial charge in [-0.2, -0.15) is 13.9 Å². The SMILES string of the molecule is Cc1noc(C)c1-c1cnc2c(-c3cnn(C(F)F)c3)cn(S(=O)(=O)C3CCCC3)c2c1. The van der Waals surface area contributed by atoms with Crippen LogP contribution >= 0.6 is 0 Å². The van der Waals surface area contributed by atoms with Gasteiger partial charge in [0.05, 0.1) is 28.2 Å². The molecule has 0 saturated heterocycles. The van der Waals surface area contributed by atoms with Gasteiger partial charge in [-0.1, -0.05) is 18.0 Å². The lowest BCUT2D eigenvalue weighted by Crippen LogP contribution is -2.24. The van der Waals surface area contributed by atoms with Crippen molar-refractivity contribution in [3.8, 4) is 22.3 Å². The summed E-state index contributed by atoms with van der Waals surface area (Å²) in [5.74, 6) is 0.596. The van der Waals surface area contributed by atoms with Gasteiger partial charge in [0.1, 0.15) is 5.76 Å². The van der Waals surface area contributed by atoms with Gasteiger partial charge in [-0.25, -0.2) is 17.1 Å². The molecule has 0 aliphatic heterocycles. The summed E-state index contributed by atoms with van der Waals surface area (Å²) >= 11 is 0. The first kappa shape index (κ1) is 20.8. The molecular formula is C21H21F2N5O3S. The van der Waals surface area contributed by atoms with Crippen LogP contribution in [0.2, 0.25) is 0 Å². The van der Waals surface area contributed by atoms with E-state index in [9.17, 15) is 17.2 Å². The Bertz CT molecular complexity index is 1400. The zero-order chi connectivity index (χ0) is 22.6. The van der Waals surface area contributed by atoms with Crippen LogP contribution in [0.1, 0.15) is 43.7 Å². The van der Waals surface area contributed by atoms with E-state index in [2.05, 4.69) is 15.2 Å². The highest BCUT2D eigenvalue weighted by atomic mass is 32.2. The number of aromatic nitrogens is 5. The number of nitrogens with zero attached hydrogens (tertiary/aromatic N) is 5. The van der Waals surface area contributed by atoms with Crippen LogP contribution in [-0.2, 0) is 10.0 Å². The topological polar surface area (TPSA) is 95.8 Å². The fourth-order valence-corrected chi connectivity index (χ4v) is 6.38. The van der Waals surface area contributed by atoms with E-state index in [0.717, 1.165) is 18.4 Å². The predicted octanol–water partition coefficient (Wildman–Crippen LogP) is 4.69. The van der Waals surface area contributed by atoms with Crippen LogP contribution in [0.15, 0.2) is 35.4 Å². The third-order valence-electron chi connectivity index (χ3n) is 6.04. The molecule has 32 heavy (non-hydrogen) atoms. The van der Waals surface area contributed by atoms with Crippen LogP contribution in [0.4, 0.5) is 8.78 Å². The molecule has 0 aromatic carbocycles. The maximum absolute atomic E-state index is 13.5. The summed E-state index contributed by atoms with van der Waals surface area (Å²) in [5, 5.41) is 7.17. The van der Waals surface area contributed by atoms with Crippen LogP contribution in [0.25, 0.3) is 33.3 Å². The number of rotatable bonds is 5. The lowest BCUT2D eigenvalue weighted by atomic mass is 10.1. The summed E-state index contributed by atoms with van der Waals surface area (Å²) in [6.45, 7) is 0.783. The van der Waals surface area contributed by atoms with Crippen molar-refractivity contribution in [2.75, 3.05) is 0 Å². The Labute approximate surface area is 182 Å². The van der Waals surface area contributed by atoms with Gasteiger partial charge < -0.3 is 4.52 Å². The fraction of sp³-hybridized carbons (Fsp3) is 0.381. The Hall–Kier alpha value is -3.08. The molecule has 1 saturated carbocycles. The maximum atomic E-state index is 13.5. The fourth-order valence-electron chi connectivity index (χ4n) is 4.46. The van der Waals surface area contributed by atoms with Crippen molar-refractivity contribution in [3.05, 3.63) is 42.3 Å². The van der Waals surface area contributed by atoms with E-state index in [1.165, 1.54) is 22.6 Å². The summed E-state index contributed by atoms with van der Waals surface area (Å²) in [6.07, 6.45) is 8.47. The number of pyridine rings is 1. The van der Waals surface area contributed by atoms with Gasteiger partial charge >= 0.3 is 6.55 Å². The molecular weight excluding hydrogens is 440 g/mol. The van der Waals surface area contributed by atoms with Crippen LogP contribution in [0.3, 0.4) is 0 Å². The third-order valence-corrected chi connectivity index (χ3v) is 8.20. The van der Waals surface area contributed by atoms with Crippen molar-refractivity contribution in [1.29, 1.82) is 0 Å². The number of fused-ring (bicyclic) bond motifs is 1. The molecule has 8 nitrogen and oxygen atoms in total. The van der Waals surface area contributed by atoms with Gasteiger partial charge in [0.2, 0.25) is 10.0 Å². The molecule has 1 aliphatic carbocycles. The van der Waals surface area contributed by atoms with Gasteiger partial charge in [-0.3, -0.25) is 4.98 Å². The van der Waals surface area contributed by atoms with Crippen LogP contribution < -0.4 is 0 Å². The van der Waals surface area contributed by atoms with Crippen molar-refractivity contribution in [1.82, 2.24) is 23.9 Å². The monoisotopic (exact) mass is 461 g/mol. The molecule has 168 valence electrons. The Balaban J connectivity index is 1.75. The molecule has 4 heterocycles. The molecule has 0 bridgehead atoms. The standard InChI is InChI=1S/C21H21F2N5O3S/c1-12-19(13(2)31-26-12)14-7-18-20(24-8-14)17(15-9-25-27(10-15)21(22)23)11-28(18)32(29,30)16-5-3-4-6-16/h7-11,16,21H,3-6H2,1-2H3. The second-order valence-electron chi connectivity index (χ2n) is 8.07. The number of hydrogen-bond donors (Lipinski definition) is 0. The minimum absolute atomic E-state index is 0.369. The Morgan fingerprint density at radius 3 is 2.50 bits per heavy atom. The van der Waals surface area contributed by atoms with E-state index in [1.54, 1.807) is 26.1 Å². The van der Waals surface area contributed by atoms with Crippen molar-refractivity contribution >= 4 is 21.1 Å². The minimum Gasteiger partial charge on any atom is -0.361 e. The van der Waals surface area contributed by atoms with Crippen molar-refractivity contribution in [2.45, 2.75) is 51.3 Å². The van der Waals surface area contributed by atoms with Gasteiger partial charge in [0.25, 0.3) is 0 Å². The number of aryl methyl sites for hydroxylation is 2. The normalized spacial score (nSPS) is 15.4. The van der Waals surface area contributed by atoms with Crippen molar-refractivity contribution < 1.29 is 21.7 Å². The summed E-state index contributed by atoms with van der Waals surface area (Å²) < 4.78 is 60.2. The van der Waals surface area contributed by atoms with E-state index in [4.69, 9.17) is 4.52 Å². The lowest BCUT2D eigenvalue weighted by molar-refractivity contribution is 0.0566. The third kappa shape index (κ3) is 3.22. The summed E-state index contributed by atoms with van der Waals surface area (Å²) in [7, 11) is -3.71. The van der Waals surface area contributed by atoms with Crippen LogP contribution in [0.5, 0.6) is 0 Å². The highest BCUT2D eigenvalue weighted by Crippen LogP contribution is 2.37. The first-order valence-electron chi connectivity index (χ1n) is 10.3. The lowest BCUT2D eigenvalue weighted by Gasteiger charge is -2.13. The molecule has 0 N–H and O–H groups in total. The summed E-state index contributed by atoms with van der Waals surface area (Å²) in [4.78, 5) is 4.53. The largest absolute Gasteiger partial charge is 0.361 e. The van der Waals surface area contributed by atoms with Gasteiger partial charge in [0, 0.05) is 40.8 Å². The van der Waals surface area contributed by atoms with Crippen molar-refractivity contribution in [3.63, 3.8) is 0 Å². The molecule has 11 heteroatoms. The molecule has 1 fully saturated rings. The molecule has 0 spiro atoms. The zero-order valence-corrected chi connectivity index (χ0v) is 18.3. The van der Waals surface area contributed by atoms with E-state index >= 15 is 0 Å². The highest BCUT2D eigenvalue weighted by Gasteiger charge is 2.32. The number of halogens is 2. The smallest absolute Gasteiger partial charge is 0.333 e. The number of alkyl halides is 2. The molecule has 4 aromatic rings. The van der Waals surface area contributed by atoms with E-state index in [0.29, 0.717) is 56.7 Å². The van der Waals surface area contributed by atoms with E-state index in [-0.39, 0.29) is 0 Å². The molecule has 1 aliphatic rings. The Kier molecular flexibility index (Phi) is 4.88. The van der Waals surface area contributed by atoms with E-state index in [1.807, 2.05) is 0 Å². The number of hydrogen-bond acceptors (Lipinski definition) is 6. The highest BCUT2D eigenvalue weighted by molar-refractivity contribution is 7.90. The van der Waals surface area contributed by atoms with Crippen molar-refractivity contribution in [2.24, 2.45) is 0 Å². The average molecular weight is 461 g/mol. The molecule has 4 aromatic heterocycles. The second kappa shape index (κ2) is 7.51.